The maximum atomic E-state index is 12.8. The lowest BCUT2D eigenvalue weighted by molar-refractivity contribution is 0.305. The molecule has 2 aromatic carbocycles. The molecule has 0 bridgehead atoms. The van der Waals surface area contributed by atoms with Gasteiger partial charge in [-0.25, -0.2) is 4.39 Å². The topological polar surface area (TPSA) is 21.3 Å². The van der Waals surface area contributed by atoms with Gasteiger partial charge in [0.15, 0.2) is 0 Å². The molecule has 3 heteroatoms. The van der Waals surface area contributed by atoms with Gasteiger partial charge in [0, 0.05) is 6.54 Å². The standard InChI is InChI=1S/C16H16FNO/c17-15-4-1-12(2-5-15)11-19-16-6-3-13-7-8-18-10-14(13)9-16/h1-6,9,18H,7-8,10-11H2. The molecule has 19 heavy (non-hydrogen) atoms. The summed E-state index contributed by atoms with van der Waals surface area (Å²) in [6.07, 6.45) is 1.08. The van der Waals surface area contributed by atoms with Crippen LogP contribution in [0.15, 0.2) is 42.5 Å². The minimum absolute atomic E-state index is 0.219. The van der Waals surface area contributed by atoms with Crippen LogP contribution in [0.2, 0.25) is 0 Å². The van der Waals surface area contributed by atoms with Crippen molar-refractivity contribution < 1.29 is 9.13 Å². The van der Waals surface area contributed by atoms with Gasteiger partial charge in [0.25, 0.3) is 0 Å². The van der Waals surface area contributed by atoms with Crippen molar-refractivity contribution in [3.05, 3.63) is 65.0 Å². The molecule has 0 unspecified atom stereocenters. The first-order valence-electron chi connectivity index (χ1n) is 6.51. The molecule has 98 valence electrons. The van der Waals surface area contributed by atoms with Gasteiger partial charge in [0.2, 0.25) is 0 Å². The number of benzene rings is 2. The Morgan fingerprint density at radius 3 is 2.74 bits per heavy atom. The Kier molecular flexibility index (Phi) is 3.47. The fraction of sp³-hybridized carbons (Fsp3) is 0.250. The molecule has 1 heterocycles. The first-order chi connectivity index (χ1) is 9.31. The highest BCUT2D eigenvalue weighted by atomic mass is 19.1. The smallest absolute Gasteiger partial charge is 0.123 e. The number of hydrogen-bond donors (Lipinski definition) is 1. The highest BCUT2D eigenvalue weighted by molar-refractivity contribution is 5.37. The monoisotopic (exact) mass is 257 g/mol. The van der Waals surface area contributed by atoms with E-state index in [0.29, 0.717) is 6.61 Å². The molecule has 1 aliphatic rings. The second-order valence-corrected chi connectivity index (χ2v) is 4.77. The first kappa shape index (κ1) is 12.2. The Hall–Kier alpha value is -1.87. The number of rotatable bonds is 3. The number of fused-ring (bicyclic) bond motifs is 1. The number of ether oxygens (including phenoxy) is 1. The summed E-state index contributed by atoms with van der Waals surface area (Å²) in [7, 11) is 0. The molecule has 2 aromatic rings. The summed E-state index contributed by atoms with van der Waals surface area (Å²) < 4.78 is 18.5. The number of halogens is 1. The van der Waals surface area contributed by atoms with Crippen molar-refractivity contribution in [2.75, 3.05) is 6.54 Å². The zero-order valence-corrected chi connectivity index (χ0v) is 10.7. The summed E-state index contributed by atoms with van der Waals surface area (Å²) in [6, 6.07) is 12.6. The quantitative estimate of drug-likeness (QED) is 0.912. The predicted molar refractivity (Wildman–Crippen MR) is 72.6 cm³/mol. The fourth-order valence-corrected chi connectivity index (χ4v) is 2.29. The number of nitrogens with one attached hydrogen (secondary N) is 1. The molecular formula is C16H16FNO. The van der Waals surface area contributed by atoms with Crippen LogP contribution in [0.25, 0.3) is 0 Å². The average Bonchev–Trinajstić information content (AvgIpc) is 2.46. The second-order valence-electron chi connectivity index (χ2n) is 4.77. The van der Waals surface area contributed by atoms with Gasteiger partial charge >= 0.3 is 0 Å². The van der Waals surface area contributed by atoms with Crippen molar-refractivity contribution in [3.63, 3.8) is 0 Å². The third-order valence-electron chi connectivity index (χ3n) is 3.38. The number of hydrogen-bond acceptors (Lipinski definition) is 2. The molecule has 1 aliphatic heterocycles. The van der Waals surface area contributed by atoms with Crippen molar-refractivity contribution in [1.82, 2.24) is 5.32 Å². The van der Waals surface area contributed by atoms with Crippen molar-refractivity contribution in [3.8, 4) is 5.75 Å². The van der Waals surface area contributed by atoms with E-state index in [1.54, 1.807) is 12.1 Å². The van der Waals surface area contributed by atoms with Crippen LogP contribution in [0.3, 0.4) is 0 Å². The molecule has 0 spiro atoms. The lowest BCUT2D eigenvalue weighted by Gasteiger charge is -2.18. The van der Waals surface area contributed by atoms with E-state index in [0.717, 1.165) is 30.8 Å². The van der Waals surface area contributed by atoms with E-state index < -0.39 is 0 Å². The normalized spacial score (nSPS) is 13.9. The maximum Gasteiger partial charge on any atom is 0.123 e. The van der Waals surface area contributed by atoms with Crippen molar-refractivity contribution in [1.29, 1.82) is 0 Å². The molecule has 0 radical (unpaired) electrons. The Morgan fingerprint density at radius 1 is 1.05 bits per heavy atom. The van der Waals surface area contributed by atoms with Crippen LogP contribution in [0, 0.1) is 5.82 Å². The van der Waals surface area contributed by atoms with Gasteiger partial charge in [-0.2, -0.15) is 0 Å². The lowest BCUT2D eigenvalue weighted by Crippen LogP contribution is -2.23. The molecule has 0 atom stereocenters. The molecule has 1 N–H and O–H groups in total. The highest BCUT2D eigenvalue weighted by Crippen LogP contribution is 2.21. The molecule has 2 nitrogen and oxygen atoms in total. The van der Waals surface area contributed by atoms with Gasteiger partial charge in [-0.3, -0.25) is 0 Å². The molecule has 3 rings (SSSR count). The molecular weight excluding hydrogens is 241 g/mol. The first-order valence-corrected chi connectivity index (χ1v) is 6.51. The third kappa shape index (κ3) is 2.93. The zero-order chi connectivity index (χ0) is 13.1. The fourth-order valence-electron chi connectivity index (χ4n) is 2.29. The van der Waals surface area contributed by atoms with E-state index in [1.807, 2.05) is 6.07 Å². The molecule has 0 aliphatic carbocycles. The van der Waals surface area contributed by atoms with E-state index in [2.05, 4.69) is 17.4 Å². The molecule has 0 fully saturated rings. The van der Waals surface area contributed by atoms with E-state index in [-0.39, 0.29) is 5.82 Å². The summed E-state index contributed by atoms with van der Waals surface area (Å²) in [5.41, 5.74) is 3.67. The van der Waals surface area contributed by atoms with E-state index in [4.69, 9.17) is 4.74 Å². The summed E-state index contributed by atoms with van der Waals surface area (Å²) in [6.45, 7) is 2.42. The minimum atomic E-state index is -0.219. The molecule has 0 saturated carbocycles. The Labute approximate surface area is 112 Å². The Morgan fingerprint density at radius 2 is 1.89 bits per heavy atom. The molecule has 0 saturated heterocycles. The van der Waals surface area contributed by atoms with Gasteiger partial charge in [-0.05, 0) is 53.9 Å². The van der Waals surface area contributed by atoms with E-state index in [1.165, 1.54) is 23.3 Å². The molecule has 0 aromatic heterocycles. The minimum Gasteiger partial charge on any atom is -0.489 e. The summed E-state index contributed by atoms with van der Waals surface area (Å²) in [5.74, 6) is 0.649. The van der Waals surface area contributed by atoms with Gasteiger partial charge in [0.05, 0.1) is 0 Å². The Balaban J connectivity index is 1.68. The van der Waals surface area contributed by atoms with Crippen LogP contribution in [0.5, 0.6) is 5.75 Å². The summed E-state index contributed by atoms with van der Waals surface area (Å²) in [5, 5.41) is 3.35. The van der Waals surface area contributed by atoms with E-state index >= 15 is 0 Å². The maximum absolute atomic E-state index is 12.8. The summed E-state index contributed by atoms with van der Waals surface area (Å²) in [4.78, 5) is 0. The van der Waals surface area contributed by atoms with Crippen LogP contribution in [-0.2, 0) is 19.6 Å². The largest absolute Gasteiger partial charge is 0.489 e. The van der Waals surface area contributed by atoms with Crippen molar-refractivity contribution >= 4 is 0 Å². The van der Waals surface area contributed by atoms with Gasteiger partial charge < -0.3 is 10.1 Å². The lowest BCUT2D eigenvalue weighted by atomic mass is 10.0. The highest BCUT2D eigenvalue weighted by Gasteiger charge is 2.09. The third-order valence-corrected chi connectivity index (χ3v) is 3.38. The van der Waals surface area contributed by atoms with Crippen LogP contribution in [0.1, 0.15) is 16.7 Å². The van der Waals surface area contributed by atoms with Gasteiger partial charge in [-0.15, -0.1) is 0 Å². The summed E-state index contributed by atoms with van der Waals surface area (Å²) >= 11 is 0. The van der Waals surface area contributed by atoms with Crippen LogP contribution in [-0.4, -0.2) is 6.54 Å². The van der Waals surface area contributed by atoms with Crippen LogP contribution >= 0.6 is 0 Å². The molecule has 0 amide bonds. The Bertz CT molecular complexity index is 565. The van der Waals surface area contributed by atoms with E-state index in [9.17, 15) is 4.39 Å². The van der Waals surface area contributed by atoms with Crippen molar-refractivity contribution in [2.24, 2.45) is 0 Å². The van der Waals surface area contributed by atoms with Crippen LogP contribution in [0.4, 0.5) is 4.39 Å². The van der Waals surface area contributed by atoms with Crippen LogP contribution < -0.4 is 10.1 Å². The zero-order valence-electron chi connectivity index (χ0n) is 10.7. The average molecular weight is 257 g/mol. The predicted octanol–water partition coefficient (Wildman–Crippen LogP) is 3.05. The SMILES string of the molecule is Fc1ccc(COc2ccc3c(c2)CNCC3)cc1. The second kappa shape index (κ2) is 5.41. The van der Waals surface area contributed by atoms with Crippen molar-refractivity contribution in [2.45, 2.75) is 19.6 Å². The van der Waals surface area contributed by atoms with Gasteiger partial charge in [0.1, 0.15) is 18.2 Å². The van der Waals surface area contributed by atoms with Gasteiger partial charge in [-0.1, -0.05) is 18.2 Å².